The Morgan fingerprint density at radius 2 is 2.00 bits per heavy atom. The summed E-state index contributed by atoms with van der Waals surface area (Å²) in [6, 6.07) is 6.82. The molecule has 0 unspecified atom stereocenters. The first-order valence-electron chi connectivity index (χ1n) is 5.64. The van der Waals surface area contributed by atoms with Crippen LogP contribution < -0.4 is 10.6 Å². The van der Waals surface area contributed by atoms with E-state index in [9.17, 15) is 4.79 Å². The molecule has 0 radical (unpaired) electrons. The smallest absolute Gasteiger partial charge is 0.319 e. The minimum atomic E-state index is -0.262. The van der Waals surface area contributed by atoms with Crippen LogP contribution in [0.25, 0.3) is 0 Å². The van der Waals surface area contributed by atoms with E-state index in [-0.39, 0.29) is 12.6 Å². The predicted molar refractivity (Wildman–Crippen MR) is 69.4 cm³/mol. The van der Waals surface area contributed by atoms with Gasteiger partial charge in [0.1, 0.15) is 0 Å². The molecular weight excluding hydrogens is 240 g/mol. The van der Waals surface area contributed by atoms with Gasteiger partial charge in [0.15, 0.2) is 0 Å². The van der Waals surface area contributed by atoms with Gasteiger partial charge in [0.25, 0.3) is 0 Å². The lowest BCUT2D eigenvalue weighted by molar-refractivity contribution is 0.251. The highest BCUT2D eigenvalue weighted by Crippen LogP contribution is 2.19. The van der Waals surface area contributed by atoms with Crippen molar-refractivity contribution in [3.05, 3.63) is 29.3 Å². The molecule has 0 spiro atoms. The third-order valence-corrected chi connectivity index (χ3v) is 2.57. The number of para-hydroxylation sites is 1. The maximum absolute atomic E-state index is 11.5. The van der Waals surface area contributed by atoms with Gasteiger partial charge < -0.3 is 15.7 Å². The van der Waals surface area contributed by atoms with Crippen LogP contribution in [0.1, 0.15) is 19.3 Å². The van der Waals surface area contributed by atoms with E-state index in [0.717, 1.165) is 19.3 Å². The van der Waals surface area contributed by atoms with Gasteiger partial charge in [0.2, 0.25) is 0 Å². The molecule has 0 fully saturated rings. The summed E-state index contributed by atoms with van der Waals surface area (Å²) < 4.78 is 0. The SMILES string of the molecule is O=C(NCCCCCO)Nc1ccccc1Cl. The van der Waals surface area contributed by atoms with Crippen molar-refractivity contribution in [2.75, 3.05) is 18.5 Å². The Hall–Kier alpha value is -1.26. The third-order valence-electron chi connectivity index (χ3n) is 2.24. The number of carbonyl (C=O) groups is 1. The highest BCUT2D eigenvalue weighted by Gasteiger charge is 2.03. The molecule has 1 aromatic rings. The van der Waals surface area contributed by atoms with Gasteiger partial charge in [-0.05, 0) is 31.4 Å². The zero-order valence-electron chi connectivity index (χ0n) is 9.58. The predicted octanol–water partition coefficient (Wildman–Crippen LogP) is 2.62. The first kappa shape index (κ1) is 13.8. The average molecular weight is 257 g/mol. The topological polar surface area (TPSA) is 61.4 Å². The number of unbranched alkanes of at least 4 members (excludes halogenated alkanes) is 2. The molecule has 3 N–H and O–H groups in total. The van der Waals surface area contributed by atoms with E-state index in [2.05, 4.69) is 10.6 Å². The molecule has 1 rings (SSSR count). The van der Waals surface area contributed by atoms with Gasteiger partial charge in [-0.3, -0.25) is 0 Å². The minimum Gasteiger partial charge on any atom is -0.396 e. The first-order valence-corrected chi connectivity index (χ1v) is 6.02. The van der Waals surface area contributed by atoms with E-state index in [1.54, 1.807) is 18.2 Å². The van der Waals surface area contributed by atoms with Crippen molar-refractivity contribution >= 4 is 23.3 Å². The van der Waals surface area contributed by atoms with E-state index in [0.29, 0.717) is 17.3 Å². The Morgan fingerprint density at radius 1 is 1.24 bits per heavy atom. The van der Waals surface area contributed by atoms with Crippen LogP contribution in [0, 0.1) is 0 Å². The molecule has 0 aliphatic carbocycles. The Bertz CT molecular complexity index is 358. The van der Waals surface area contributed by atoms with Crippen LogP contribution in [-0.4, -0.2) is 24.3 Å². The van der Waals surface area contributed by atoms with Crippen LogP contribution in [0.5, 0.6) is 0 Å². The maximum atomic E-state index is 11.5. The van der Waals surface area contributed by atoms with Crippen molar-refractivity contribution in [1.29, 1.82) is 0 Å². The van der Waals surface area contributed by atoms with Gasteiger partial charge in [0, 0.05) is 13.2 Å². The summed E-state index contributed by atoms with van der Waals surface area (Å²) in [7, 11) is 0. The van der Waals surface area contributed by atoms with E-state index in [1.165, 1.54) is 0 Å². The van der Waals surface area contributed by atoms with E-state index in [1.807, 2.05) is 6.07 Å². The molecule has 1 aromatic carbocycles. The summed E-state index contributed by atoms with van der Waals surface area (Å²) in [6.07, 6.45) is 2.53. The van der Waals surface area contributed by atoms with Crippen molar-refractivity contribution in [2.24, 2.45) is 0 Å². The van der Waals surface area contributed by atoms with Crippen LogP contribution >= 0.6 is 11.6 Å². The van der Waals surface area contributed by atoms with Crippen LogP contribution in [-0.2, 0) is 0 Å². The maximum Gasteiger partial charge on any atom is 0.319 e. The number of urea groups is 1. The van der Waals surface area contributed by atoms with Gasteiger partial charge >= 0.3 is 6.03 Å². The van der Waals surface area contributed by atoms with E-state index in [4.69, 9.17) is 16.7 Å². The second kappa shape index (κ2) is 7.92. The lowest BCUT2D eigenvalue weighted by Crippen LogP contribution is -2.29. The molecule has 0 atom stereocenters. The summed E-state index contributed by atoms with van der Waals surface area (Å²) in [5, 5.41) is 14.5. The van der Waals surface area contributed by atoms with E-state index < -0.39 is 0 Å². The quantitative estimate of drug-likeness (QED) is 0.685. The van der Waals surface area contributed by atoms with Crippen molar-refractivity contribution in [1.82, 2.24) is 5.32 Å². The standard InChI is InChI=1S/C12H17ClN2O2/c13-10-6-2-3-7-11(10)15-12(17)14-8-4-1-5-9-16/h2-3,6-7,16H,1,4-5,8-9H2,(H2,14,15,17). The fourth-order valence-electron chi connectivity index (χ4n) is 1.34. The van der Waals surface area contributed by atoms with Crippen LogP contribution in [0.3, 0.4) is 0 Å². The molecule has 94 valence electrons. The molecule has 0 heterocycles. The van der Waals surface area contributed by atoms with Crippen molar-refractivity contribution in [3.63, 3.8) is 0 Å². The van der Waals surface area contributed by atoms with Crippen molar-refractivity contribution < 1.29 is 9.90 Å². The number of benzene rings is 1. The lowest BCUT2D eigenvalue weighted by atomic mass is 10.2. The van der Waals surface area contributed by atoms with Crippen molar-refractivity contribution in [3.8, 4) is 0 Å². The number of rotatable bonds is 6. The fraction of sp³-hybridized carbons (Fsp3) is 0.417. The van der Waals surface area contributed by atoms with Gasteiger partial charge in [-0.25, -0.2) is 4.79 Å². The Balaban J connectivity index is 2.23. The second-order valence-electron chi connectivity index (χ2n) is 3.65. The largest absolute Gasteiger partial charge is 0.396 e. The number of aliphatic hydroxyl groups excluding tert-OH is 1. The second-order valence-corrected chi connectivity index (χ2v) is 4.05. The Morgan fingerprint density at radius 3 is 2.71 bits per heavy atom. The Labute approximate surface area is 106 Å². The number of aliphatic hydroxyl groups is 1. The molecule has 4 nitrogen and oxygen atoms in total. The summed E-state index contributed by atoms with van der Waals surface area (Å²) >= 11 is 5.90. The van der Waals surface area contributed by atoms with Gasteiger partial charge in [0.05, 0.1) is 10.7 Å². The van der Waals surface area contributed by atoms with Crippen molar-refractivity contribution in [2.45, 2.75) is 19.3 Å². The number of carbonyl (C=O) groups excluding carboxylic acids is 1. The van der Waals surface area contributed by atoms with Gasteiger partial charge in [-0.1, -0.05) is 23.7 Å². The molecular formula is C12H17ClN2O2. The monoisotopic (exact) mass is 256 g/mol. The summed E-state index contributed by atoms with van der Waals surface area (Å²) in [5.41, 5.74) is 0.599. The molecule has 0 saturated heterocycles. The fourth-order valence-corrected chi connectivity index (χ4v) is 1.53. The molecule has 0 bridgehead atoms. The van der Waals surface area contributed by atoms with Gasteiger partial charge in [-0.2, -0.15) is 0 Å². The number of hydrogen-bond acceptors (Lipinski definition) is 2. The molecule has 0 aromatic heterocycles. The number of anilines is 1. The molecule has 5 heteroatoms. The number of nitrogens with one attached hydrogen (secondary N) is 2. The van der Waals surface area contributed by atoms with Gasteiger partial charge in [-0.15, -0.1) is 0 Å². The third kappa shape index (κ3) is 5.56. The zero-order valence-corrected chi connectivity index (χ0v) is 10.3. The van der Waals surface area contributed by atoms with E-state index >= 15 is 0 Å². The minimum absolute atomic E-state index is 0.200. The number of amides is 2. The molecule has 0 aliphatic heterocycles. The Kier molecular flexibility index (Phi) is 6.43. The summed E-state index contributed by atoms with van der Waals surface area (Å²) in [6.45, 7) is 0.794. The average Bonchev–Trinajstić information content (AvgIpc) is 2.32. The highest BCUT2D eigenvalue weighted by molar-refractivity contribution is 6.33. The first-order chi connectivity index (χ1) is 8.24. The highest BCUT2D eigenvalue weighted by atomic mass is 35.5. The molecule has 17 heavy (non-hydrogen) atoms. The van der Waals surface area contributed by atoms with Crippen LogP contribution in [0.2, 0.25) is 5.02 Å². The summed E-state index contributed by atoms with van der Waals surface area (Å²) in [4.78, 5) is 11.5. The van der Waals surface area contributed by atoms with Crippen LogP contribution in [0.15, 0.2) is 24.3 Å². The lowest BCUT2D eigenvalue weighted by Gasteiger charge is -2.08. The number of hydrogen-bond donors (Lipinski definition) is 3. The summed E-state index contributed by atoms with van der Waals surface area (Å²) in [5.74, 6) is 0. The zero-order chi connectivity index (χ0) is 12.5. The normalized spacial score (nSPS) is 10.0. The number of halogens is 1. The van der Waals surface area contributed by atoms with Crippen LogP contribution in [0.4, 0.5) is 10.5 Å². The molecule has 2 amide bonds. The molecule has 0 saturated carbocycles. The molecule has 0 aliphatic rings.